The number of hydrogen-bond donors (Lipinski definition) is 2. The smallest absolute Gasteiger partial charge is 0.101 e. The molecule has 9 heteroatoms. The second-order valence-corrected chi connectivity index (χ2v) is 8.66. The molecule has 0 fully saturated rings. The van der Waals surface area contributed by atoms with Crippen molar-refractivity contribution in [3.05, 3.63) is 0 Å². The van der Waals surface area contributed by atoms with Crippen LogP contribution in [0.3, 0.4) is 0 Å². The van der Waals surface area contributed by atoms with Crippen molar-refractivity contribution >= 4 is 11.9 Å². The minimum Gasteiger partial charge on any atom is -0.547 e. The van der Waals surface area contributed by atoms with Crippen LogP contribution in [0.1, 0.15) is 81.1 Å². The van der Waals surface area contributed by atoms with Crippen LogP contribution in [0, 0.1) is 5.92 Å². The number of hydrogen-bond acceptors (Lipinski definition) is 8. The maximum Gasteiger partial charge on any atom is 0.101 e. The monoisotopic (exact) mass is 442 g/mol. The van der Waals surface area contributed by atoms with Crippen LogP contribution in [0.15, 0.2) is 0 Å². The molecule has 0 bridgehead atoms. The first kappa shape index (κ1) is 32.2. The maximum atomic E-state index is 10.0. The topological polar surface area (TPSA) is 139 Å². The third-order valence-corrected chi connectivity index (χ3v) is 4.44. The van der Waals surface area contributed by atoms with E-state index >= 15 is 0 Å². The predicted octanol–water partition coefficient (Wildman–Crippen LogP) is 0.571. The van der Waals surface area contributed by atoms with Crippen molar-refractivity contribution in [2.75, 3.05) is 6.61 Å². The van der Waals surface area contributed by atoms with Crippen LogP contribution in [0.2, 0.25) is 0 Å². The molecule has 0 aromatic carbocycles. The molecule has 0 aliphatic rings. The predicted molar refractivity (Wildman–Crippen MR) is 98.1 cm³/mol. The normalized spacial score (nSPS) is 14.6. The molecule has 8 nitrogen and oxygen atoms in total. The summed E-state index contributed by atoms with van der Waals surface area (Å²) in [5.41, 5.74) is -3.29. The van der Waals surface area contributed by atoms with Gasteiger partial charge in [-0.25, -0.2) is 0 Å². The van der Waals surface area contributed by atoms with Crippen LogP contribution >= 0.6 is 0 Å². The summed E-state index contributed by atoms with van der Waals surface area (Å²) in [6.07, 6.45) is 2.10. The van der Waals surface area contributed by atoms with Crippen molar-refractivity contribution in [1.29, 1.82) is 0 Å². The van der Waals surface area contributed by atoms with Gasteiger partial charge in [0.15, 0.2) is 0 Å². The molecular formula is C19H38O8Ti. The van der Waals surface area contributed by atoms with E-state index in [1.165, 1.54) is 13.8 Å². The molecule has 2 unspecified atom stereocenters. The Bertz CT molecular complexity index is 371. The summed E-state index contributed by atoms with van der Waals surface area (Å²) in [5, 5.41) is 38.0. The summed E-state index contributed by atoms with van der Waals surface area (Å²) in [4.78, 5) is 20.1. The number of rotatable bonds is 11. The zero-order valence-corrected chi connectivity index (χ0v) is 20.1. The van der Waals surface area contributed by atoms with Crippen LogP contribution in [-0.2, 0) is 36.2 Å². The molecule has 0 aliphatic carbocycles. The number of carbonyl (C=O) groups is 2. The molecule has 0 spiro atoms. The van der Waals surface area contributed by atoms with Gasteiger partial charge >= 0.3 is 72.9 Å². The third-order valence-electron chi connectivity index (χ3n) is 3.11. The quantitative estimate of drug-likeness (QED) is 0.350. The summed E-state index contributed by atoms with van der Waals surface area (Å²) in [6, 6.07) is 0. The fourth-order valence-electron chi connectivity index (χ4n) is 1.51. The van der Waals surface area contributed by atoms with Gasteiger partial charge in [0.1, 0.15) is 11.2 Å². The molecule has 0 aromatic rings. The average Bonchev–Trinajstić information content (AvgIpc) is 2.52. The first-order valence-corrected chi connectivity index (χ1v) is 10.8. The molecule has 0 aromatic heterocycles. The van der Waals surface area contributed by atoms with Crippen molar-refractivity contribution < 1.29 is 56.6 Å². The zero-order valence-electron chi connectivity index (χ0n) is 18.5. The molecule has 28 heavy (non-hydrogen) atoms. The molecule has 0 aliphatic heterocycles. The number of carboxylic acids is 2. The molecule has 0 heterocycles. The Morgan fingerprint density at radius 1 is 0.929 bits per heavy atom. The van der Waals surface area contributed by atoms with Crippen LogP contribution < -0.4 is 10.2 Å². The van der Waals surface area contributed by atoms with Crippen molar-refractivity contribution in [3.8, 4) is 0 Å². The third kappa shape index (κ3) is 21.8. The average molecular weight is 442 g/mol. The maximum absolute atomic E-state index is 10.0. The largest absolute Gasteiger partial charge is 0.547 e. The number of aliphatic carboxylic acids is 2. The van der Waals surface area contributed by atoms with Gasteiger partial charge in [-0.3, -0.25) is 0 Å². The second-order valence-electron chi connectivity index (χ2n) is 7.58. The fraction of sp³-hybridized carbons (Fsp3) is 0.895. The molecule has 0 radical (unpaired) electrons. The van der Waals surface area contributed by atoms with Gasteiger partial charge in [0.25, 0.3) is 0 Å². The van der Waals surface area contributed by atoms with E-state index in [1.54, 1.807) is 13.8 Å². The second kappa shape index (κ2) is 17.4. The van der Waals surface area contributed by atoms with Gasteiger partial charge < -0.3 is 30.0 Å². The van der Waals surface area contributed by atoms with Gasteiger partial charge in [0.05, 0.1) is 11.9 Å². The summed E-state index contributed by atoms with van der Waals surface area (Å²) in [5.74, 6) is -2.17. The van der Waals surface area contributed by atoms with Gasteiger partial charge in [-0.15, -0.1) is 0 Å². The molecule has 0 saturated carbocycles. The Morgan fingerprint density at radius 2 is 1.29 bits per heavy atom. The summed E-state index contributed by atoms with van der Waals surface area (Å²) in [7, 11) is 0. The Labute approximate surface area is 179 Å². The van der Waals surface area contributed by atoms with Crippen LogP contribution in [0.4, 0.5) is 0 Å². The molecule has 0 amide bonds. The Kier molecular flexibility index (Phi) is 19.9. The minimum absolute atomic E-state index is 0.245. The van der Waals surface area contributed by atoms with Gasteiger partial charge in [0.2, 0.25) is 0 Å². The van der Waals surface area contributed by atoms with Crippen molar-refractivity contribution in [2.24, 2.45) is 5.92 Å². The number of carboxylic acid groups (broad SMARTS) is 2. The number of carbonyl (C=O) groups excluding carboxylic acids is 2. The molecule has 0 rings (SSSR count). The Morgan fingerprint density at radius 3 is 1.46 bits per heavy atom. The first-order chi connectivity index (χ1) is 12.6. The zero-order chi connectivity index (χ0) is 23.0. The van der Waals surface area contributed by atoms with Crippen LogP contribution in [0.5, 0.6) is 0 Å². The summed E-state index contributed by atoms with van der Waals surface area (Å²) >= 11 is -0.568. The molecule has 0 saturated heterocycles. The van der Waals surface area contributed by atoms with Crippen LogP contribution in [0.25, 0.3) is 0 Å². The molecule has 2 atom stereocenters. The van der Waals surface area contributed by atoms with E-state index in [2.05, 4.69) is 13.8 Å². The standard InChI is InChI=1S/2C6H12O3.C4H9O.C3H7O.Ti/c2*1-3-4-6(2,9)5(7)8;1-4(2)3-5;1-3(2)4;/h2*9H,3-4H2,1-2H3,(H,7,8);4H,3H2,1-2H3;3H,1-2H3;/q;;2*-1;+4/p-2. The first-order valence-electron chi connectivity index (χ1n) is 9.54. The molecular weight excluding hydrogens is 404 g/mol. The van der Waals surface area contributed by atoms with Crippen LogP contribution in [-0.4, -0.2) is 46.1 Å². The SMILES string of the molecule is CC(C)C[O][Ti+2][O]C(C)C.CCCC(C)(O)C(=O)[O-].CCCC(C)(O)C(=O)[O-]. The van der Waals surface area contributed by atoms with E-state index in [-0.39, 0.29) is 12.8 Å². The van der Waals surface area contributed by atoms with Crippen molar-refractivity contribution in [3.63, 3.8) is 0 Å². The summed E-state index contributed by atoms with van der Waals surface area (Å²) < 4.78 is 10.6. The Hall–Kier alpha value is -0.506. The fourth-order valence-corrected chi connectivity index (χ4v) is 2.54. The van der Waals surface area contributed by atoms with E-state index < -0.39 is 43.1 Å². The molecule has 2 N–H and O–H groups in total. The minimum atomic E-state index is -1.64. The van der Waals surface area contributed by atoms with Gasteiger partial charge in [-0.05, 0) is 26.7 Å². The number of aliphatic hydroxyl groups is 2. The van der Waals surface area contributed by atoms with Gasteiger partial charge in [-0.2, -0.15) is 0 Å². The van der Waals surface area contributed by atoms with E-state index in [0.717, 1.165) is 6.61 Å². The van der Waals surface area contributed by atoms with Gasteiger partial charge in [-0.1, -0.05) is 26.7 Å². The van der Waals surface area contributed by atoms with Crippen molar-refractivity contribution in [1.82, 2.24) is 0 Å². The summed E-state index contributed by atoms with van der Waals surface area (Å²) in [6.45, 7) is 15.3. The van der Waals surface area contributed by atoms with Crippen molar-refractivity contribution in [2.45, 2.75) is 98.4 Å². The van der Waals surface area contributed by atoms with Gasteiger partial charge in [0, 0.05) is 0 Å². The molecule has 166 valence electrons. The van der Waals surface area contributed by atoms with E-state index in [0.29, 0.717) is 24.9 Å². The van der Waals surface area contributed by atoms with E-state index in [1.807, 2.05) is 13.8 Å². The van der Waals surface area contributed by atoms with E-state index in [4.69, 9.17) is 16.8 Å². The Balaban J connectivity index is -0.000000336. The van der Waals surface area contributed by atoms with E-state index in [9.17, 15) is 19.8 Å².